The normalized spacial score (nSPS) is 12.2. The van der Waals surface area contributed by atoms with Gasteiger partial charge in [0.2, 0.25) is 0 Å². The molecule has 0 saturated carbocycles. The molecule has 1 rings (SSSR count). The Kier molecular flexibility index (Phi) is 6.95. The van der Waals surface area contributed by atoms with E-state index in [4.69, 9.17) is 13.6 Å². The number of benzene rings is 1. The van der Waals surface area contributed by atoms with E-state index in [0.29, 0.717) is 5.56 Å². The van der Waals surface area contributed by atoms with E-state index in [1.807, 2.05) is 0 Å². The Hall–Kier alpha value is -1.00. The van der Waals surface area contributed by atoms with Crippen molar-refractivity contribution in [2.75, 3.05) is 19.8 Å². The molecule has 0 N–H and O–H groups in total. The van der Waals surface area contributed by atoms with Crippen molar-refractivity contribution in [3.8, 4) is 0 Å². The van der Waals surface area contributed by atoms with Gasteiger partial charge in [0.25, 0.3) is 0 Å². The molecule has 0 aliphatic rings. The number of rotatable bonds is 8. The highest BCUT2D eigenvalue weighted by atomic mass is 31.2. The minimum absolute atomic E-state index is 0.0195. The third-order valence-corrected chi connectivity index (χ3v) is 3.72. The van der Waals surface area contributed by atoms with Gasteiger partial charge in [-0.2, -0.15) is 0 Å². The van der Waals surface area contributed by atoms with E-state index in [1.54, 1.807) is 44.2 Å². The molecule has 1 aromatic carbocycles. The first-order valence-electron chi connectivity index (χ1n) is 6.06. The molecular formula is C13H18FO4P. The summed E-state index contributed by atoms with van der Waals surface area (Å²) in [6.45, 7) is 3.88. The van der Waals surface area contributed by atoms with Gasteiger partial charge in [-0.1, -0.05) is 30.4 Å². The Bertz CT molecular complexity index is 452. The van der Waals surface area contributed by atoms with Crippen LogP contribution in [0.3, 0.4) is 0 Å². The fourth-order valence-electron chi connectivity index (χ4n) is 1.35. The Morgan fingerprint density at radius 1 is 1.16 bits per heavy atom. The van der Waals surface area contributed by atoms with Gasteiger partial charge in [-0.3, -0.25) is 13.6 Å². The average Bonchev–Trinajstić information content (AvgIpc) is 2.37. The molecule has 0 heterocycles. The van der Waals surface area contributed by atoms with Gasteiger partial charge in [0, 0.05) is 5.56 Å². The summed E-state index contributed by atoms with van der Waals surface area (Å²) in [4.78, 5) is 0. The van der Waals surface area contributed by atoms with Gasteiger partial charge in [-0.15, -0.1) is 0 Å². The number of hydrogen-bond acceptors (Lipinski definition) is 4. The zero-order valence-electron chi connectivity index (χ0n) is 11.0. The lowest BCUT2D eigenvalue weighted by Crippen LogP contribution is -2.00. The van der Waals surface area contributed by atoms with Crippen LogP contribution in [0.1, 0.15) is 19.4 Å². The molecule has 0 radical (unpaired) electrons. The maximum atomic E-state index is 13.3. The van der Waals surface area contributed by atoms with Gasteiger partial charge in [-0.25, -0.2) is 8.96 Å². The Balaban J connectivity index is 2.53. The smallest absolute Gasteiger partial charge is 0.287 e. The maximum absolute atomic E-state index is 13.3. The van der Waals surface area contributed by atoms with Gasteiger partial charge < -0.3 is 0 Å². The lowest BCUT2D eigenvalue weighted by molar-refractivity contribution is 0.131. The van der Waals surface area contributed by atoms with Crippen molar-refractivity contribution < 1.29 is 22.5 Å². The van der Waals surface area contributed by atoms with Gasteiger partial charge in [0.05, 0.1) is 19.8 Å². The predicted molar refractivity (Wildman–Crippen MR) is 72.2 cm³/mol. The zero-order valence-corrected chi connectivity index (χ0v) is 11.9. The standard InChI is InChI=1S/C13H18FO4P/c1-3-16-19(15,17-4-2)18-11-7-9-12-8-5-6-10-13(12)14/h5-10H,3-4,11H2,1-2H3/b9-7+. The lowest BCUT2D eigenvalue weighted by Gasteiger charge is -2.15. The number of halogens is 1. The summed E-state index contributed by atoms with van der Waals surface area (Å²) in [7, 11) is -3.50. The first kappa shape index (κ1) is 16.1. The molecule has 0 saturated heterocycles. The molecule has 4 nitrogen and oxygen atoms in total. The second-order valence-corrected chi connectivity index (χ2v) is 5.17. The van der Waals surface area contributed by atoms with Crippen LogP contribution in [0.5, 0.6) is 0 Å². The number of phosphoric ester groups is 1. The van der Waals surface area contributed by atoms with Gasteiger partial charge in [0.15, 0.2) is 0 Å². The molecule has 0 fully saturated rings. The Morgan fingerprint density at radius 3 is 2.37 bits per heavy atom. The Morgan fingerprint density at radius 2 is 1.79 bits per heavy atom. The van der Waals surface area contributed by atoms with Crippen molar-refractivity contribution in [1.29, 1.82) is 0 Å². The first-order chi connectivity index (χ1) is 9.11. The van der Waals surface area contributed by atoms with E-state index >= 15 is 0 Å². The molecule has 0 spiro atoms. The first-order valence-corrected chi connectivity index (χ1v) is 7.52. The summed E-state index contributed by atoms with van der Waals surface area (Å²) in [6, 6.07) is 6.35. The molecule has 0 unspecified atom stereocenters. The fraction of sp³-hybridized carbons (Fsp3) is 0.385. The van der Waals surface area contributed by atoms with Gasteiger partial charge in [-0.05, 0) is 19.9 Å². The monoisotopic (exact) mass is 288 g/mol. The quantitative estimate of drug-likeness (QED) is 0.677. The van der Waals surface area contributed by atoms with Crippen LogP contribution in [0.2, 0.25) is 0 Å². The second kappa shape index (κ2) is 8.23. The highest BCUT2D eigenvalue weighted by Gasteiger charge is 2.24. The molecule has 0 atom stereocenters. The Labute approximate surface area is 112 Å². The van der Waals surface area contributed by atoms with Crippen molar-refractivity contribution in [3.63, 3.8) is 0 Å². The van der Waals surface area contributed by atoms with Crippen LogP contribution in [0, 0.1) is 5.82 Å². The van der Waals surface area contributed by atoms with Crippen LogP contribution in [0.25, 0.3) is 6.08 Å². The average molecular weight is 288 g/mol. The van der Waals surface area contributed by atoms with E-state index < -0.39 is 7.82 Å². The molecule has 106 valence electrons. The van der Waals surface area contributed by atoms with Crippen molar-refractivity contribution in [1.82, 2.24) is 0 Å². The summed E-state index contributed by atoms with van der Waals surface area (Å²) in [5.74, 6) is -0.323. The summed E-state index contributed by atoms with van der Waals surface area (Å²) >= 11 is 0. The van der Waals surface area contributed by atoms with Crippen LogP contribution < -0.4 is 0 Å². The molecule has 0 amide bonds. The highest BCUT2D eigenvalue weighted by Crippen LogP contribution is 2.49. The maximum Gasteiger partial charge on any atom is 0.475 e. The van der Waals surface area contributed by atoms with Crippen molar-refractivity contribution in [3.05, 3.63) is 41.7 Å². The number of phosphoric acid groups is 1. The van der Waals surface area contributed by atoms with Crippen molar-refractivity contribution in [2.24, 2.45) is 0 Å². The third kappa shape index (κ3) is 5.66. The largest absolute Gasteiger partial charge is 0.475 e. The van der Waals surface area contributed by atoms with Crippen LogP contribution in [0.4, 0.5) is 4.39 Å². The SMILES string of the molecule is CCOP(=O)(OCC)OC/C=C/c1ccccc1F. The second-order valence-electron chi connectivity index (χ2n) is 3.50. The van der Waals surface area contributed by atoms with Crippen LogP contribution in [-0.4, -0.2) is 19.8 Å². The van der Waals surface area contributed by atoms with Crippen molar-refractivity contribution >= 4 is 13.9 Å². The minimum Gasteiger partial charge on any atom is -0.287 e. The molecule has 19 heavy (non-hydrogen) atoms. The van der Waals surface area contributed by atoms with E-state index in [-0.39, 0.29) is 25.6 Å². The third-order valence-electron chi connectivity index (χ3n) is 2.11. The lowest BCUT2D eigenvalue weighted by atomic mass is 10.2. The zero-order chi connectivity index (χ0) is 14.1. The van der Waals surface area contributed by atoms with E-state index in [2.05, 4.69) is 0 Å². The summed E-state index contributed by atoms with van der Waals surface area (Å²) in [5.41, 5.74) is 0.439. The van der Waals surface area contributed by atoms with E-state index in [1.165, 1.54) is 6.07 Å². The van der Waals surface area contributed by atoms with Crippen LogP contribution >= 0.6 is 7.82 Å². The molecule has 0 bridgehead atoms. The molecule has 0 aliphatic heterocycles. The molecular weight excluding hydrogens is 270 g/mol. The molecule has 6 heteroatoms. The van der Waals surface area contributed by atoms with Crippen LogP contribution in [0.15, 0.2) is 30.3 Å². The van der Waals surface area contributed by atoms with Crippen LogP contribution in [-0.2, 0) is 18.1 Å². The van der Waals surface area contributed by atoms with E-state index in [9.17, 15) is 8.96 Å². The predicted octanol–water partition coefficient (Wildman–Crippen LogP) is 4.04. The van der Waals surface area contributed by atoms with Crippen molar-refractivity contribution in [2.45, 2.75) is 13.8 Å². The highest BCUT2D eigenvalue weighted by molar-refractivity contribution is 7.48. The molecule has 0 aliphatic carbocycles. The summed E-state index contributed by atoms with van der Waals surface area (Å²) in [6.07, 6.45) is 3.11. The van der Waals surface area contributed by atoms with Gasteiger partial charge >= 0.3 is 7.82 Å². The number of hydrogen-bond donors (Lipinski definition) is 0. The molecule has 0 aromatic heterocycles. The fourth-order valence-corrected chi connectivity index (χ4v) is 2.47. The summed E-state index contributed by atoms with van der Waals surface area (Å²) in [5, 5.41) is 0. The topological polar surface area (TPSA) is 44.8 Å². The van der Waals surface area contributed by atoms with E-state index in [0.717, 1.165) is 0 Å². The molecule has 1 aromatic rings. The summed E-state index contributed by atoms with van der Waals surface area (Å²) < 4.78 is 40.2. The van der Waals surface area contributed by atoms with Gasteiger partial charge in [0.1, 0.15) is 5.82 Å². The minimum atomic E-state index is -3.50.